The summed E-state index contributed by atoms with van der Waals surface area (Å²) in [6.45, 7) is 0.555. The number of carbonyl (C=O) groups excluding carboxylic acids is 1. The van der Waals surface area contributed by atoms with Gasteiger partial charge in [0.15, 0.2) is 0 Å². The van der Waals surface area contributed by atoms with Crippen molar-refractivity contribution in [2.75, 3.05) is 6.54 Å². The number of hydrogen-bond acceptors (Lipinski definition) is 2. The standard InChI is InChI=1S/C9H8ClNOS/c1-2-9(12)11-6-5-7-3-4-8(10)13-7/h1,3-4H,5-6H2,(H,11,12). The SMILES string of the molecule is C#CC(=O)NCCc1ccc(Cl)s1. The molecule has 0 aromatic carbocycles. The van der Waals surface area contributed by atoms with Crippen LogP contribution >= 0.6 is 22.9 Å². The van der Waals surface area contributed by atoms with Crippen molar-refractivity contribution in [1.29, 1.82) is 0 Å². The van der Waals surface area contributed by atoms with Crippen molar-refractivity contribution in [1.82, 2.24) is 5.32 Å². The van der Waals surface area contributed by atoms with E-state index in [-0.39, 0.29) is 5.91 Å². The predicted octanol–water partition coefficient (Wildman–Crippen LogP) is 1.69. The van der Waals surface area contributed by atoms with Gasteiger partial charge in [0.05, 0.1) is 4.34 Å². The quantitative estimate of drug-likeness (QED) is 0.761. The van der Waals surface area contributed by atoms with Crippen LogP contribution in [-0.4, -0.2) is 12.5 Å². The average molecular weight is 214 g/mol. The molecule has 1 aromatic heterocycles. The number of thiophene rings is 1. The molecule has 0 saturated carbocycles. The van der Waals surface area contributed by atoms with Crippen molar-refractivity contribution in [3.05, 3.63) is 21.3 Å². The number of terminal acetylenes is 1. The van der Waals surface area contributed by atoms with E-state index in [1.807, 2.05) is 18.1 Å². The van der Waals surface area contributed by atoms with Crippen LogP contribution in [-0.2, 0) is 11.2 Å². The summed E-state index contributed by atoms with van der Waals surface area (Å²) in [5.74, 6) is 1.61. The van der Waals surface area contributed by atoms with Gasteiger partial charge in [0, 0.05) is 11.4 Å². The Hall–Kier alpha value is -0.980. The van der Waals surface area contributed by atoms with E-state index in [9.17, 15) is 4.79 Å². The summed E-state index contributed by atoms with van der Waals surface area (Å²) in [5.41, 5.74) is 0. The van der Waals surface area contributed by atoms with E-state index >= 15 is 0 Å². The maximum atomic E-state index is 10.6. The maximum absolute atomic E-state index is 10.6. The summed E-state index contributed by atoms with van der Waals surface area (Å²) in [5, 5.41) is 2.58. The summed E-state index contributed by atoms with van der Waals surface area (Å²) in [4.78, 5) is 11.8. The first-order valence-corrected chi connectivity index (χ1v) is 4.90. The average Bonchev–Trinajstić information content (AvgIpc) is 2.51. The lowest BCUT2D eigenvalue weighted by molar-refractivity contribution is -0.115. The van der Waals surface area contributed by atoms with Gasteiger partial charge in [-0.25, -0.2) is 0 Å². The van der Waals surface area contributed by atoms with Gasteiger partial charge < -0.3 is 5.32 Å². The van der Waals surface area contributed by atoms with E-state index in [1.165, 1.54) is 11.3 Å². The molecule has 68 valence electrons. The summed E-state index contributed by atoms with van der Waals surface area (Å²) in [6, 6.07) is 3.78. The molecule has 0 unspecified atom stereocenters. The first kappa shape index (κ1) is 10.1. The highest BCUT2D eigenvalue weighted by Crippen LogP contribution is 2.21. The second-order valence-electron chi connectivity index (χ2n) is 2.36. The zero-order chi connectivity index (χ0) is 9.68. The third kappa shape index (κ3) is 3.49. The van der Waals surface area contributed by atoms with Crippen LogP contribution in [0, 0.1) is 12.3 Å². The van der Waals surface area contributed by atoms with Crippen LogP contribution < -0.4 is 5.32 Å². The van der Waals surface area contributed by atoms with E-state index in [1.54, 1.807) is 0 Å². The van der Waals surface area contributed by atoms with Gasteiger partial charge >= 0.3 is 0 Å². The Morgan fingerprint density at radius 1 is 1.69 bits per heavy atom. The highest BCUT2D eigenvalue weighted by molar-refractivity contribution is 7.16. The van der Waals surface area contributed by atoms with Gasteiger partial charge in [-0.2, -0.15) is 0 Å². The predicted molar refractivity (Wildman–Crippen MR) is 54.9 cm³/mol. The lowest BCUT2D eigenvalue weighted by Gasteiger charge is -1.97. The fraction of sp³-hybridized carbons (Fsp3) is 0.222. The molecule has 1 N–H and O–H groups in total. The Kier molecular flexibility index (Phi) is 3.81. The maximum Gasteiger partial charge on any atom is 0.295 e. The number of hydrogen-bond donors (Lipinski definition) is 1. The third-order valence-electron chi connectivity index (χ3n) is 1.42. The molecule has 1 heterocycles. The first-order valence-electron chi connectivity index (χ1n) is 3.71. The highest BCUT2D eigenvalue weighted by Gasteiger charge is 1.98. The van der Waals surface area contributed by atoms with Crippen molar-refractivity contribution in [3.8, 4) is 12.3 Å². The number of halogens is 1. The first-order chi connectivity index (χ1) is 6.22. The van der Waals surface area contributed by atoms with Crippen molar-refractivity contribution >= 4 is 28.8 Å². The van der Waals surface area contributed by atoms with Crippen LogP contribution in [0.15, 0.2) is 12.1 Å². The van der Waals surface area contributed by atoms with Gasteiger partial charge in [0.2, 0.25) is 0 Å². The minimum atomic E-state index is -0.373. The Bertz CT molecular complexity index is 340. The molecule has 0 atom stereocenters. The van der Waals surface area contributed by atoms with Crippen LogP contribution in [0.1, 0.15) is 4.88 Å². The molecule has 0 bridgehead atoms. The molecule has 0 aliphatic heterocycles. The Morgan fingerprint density at radius 2 is 2.46 bits per heavy atom. The fourth-order valence-electron chi connectivity index (χ4n) is 0.836. The van der Waals surface area contributed by atoms with Crippen LogP contribution in [0.2, 0.25) is 4.34 Å². The van der Waals surface area contributed by atoms with Crippen molar-refractivity contribution in [3.63, 3.8) is 0 Å². The third-order valence-corrected chi connectivity index (χ3v) is 2.71. The zero-order valence-electron chi connectivity index (χ0n) is 6.84. The van der Waals surface area contributed by atoms with E-state index in [2.05, 4.69) is 5.32 Å². The number of nitrogens with one attached hydrogen (secondary N) is 1. The molecule has 0 radical (unpaired) electrons. The van der Waals surface area contributed by atoms with E-state index in [0.29, 0.717) is 6.54 Å². The van der Waals surface area contributed by atoms with Crippen LogP contribution in [0.5, 0.6) is 0 Å². The smallest absolute Gasteiger partial charge is 0.295 e. The monoisotopic (exact) mass is 213 g/mol. The van der Waals surface area contributed by atoms with Crippen LogP contribution in [0.25, 0.3) is 0 Å². The van der Waals surface area contributed by atoms with E-state index in [0.717, 1.165) is 15.6 Å². The Morgan fingerprint density at radius 3 is 3.00 bits per heavy atom. The second-order valence-corrected chi connectivity index (χ2v) is 4.16. The lowest BCUT2D eigenvalue weighted by atomic mass is 10.3. The molecular formula is C9H8ClNOS. The van der Waals surface area contributed by atoms with Gasteiger partial charge in [0.25, 0.3) is 5.91 Å². The molecule has 0 aliphatic carbocycles. The molecule has 0 fully saturated rings. The number of amides is 1. The van der Waals surface area contributed by atoms with E-state index < -0.39 is 0 Å². The summed E-state index contributed by atoms with van der Waals surface area (Å²) in [7, 11) is 0. The minimum Gasteiger partial charge on any atom is -0.345 e. The molecule has 13 heavy (non-hydrogen) atoms. The second kappa shape index (κ2) is 4.90. The Labute approximate surface area is 85.9 Å². The van der Waals surface area contributed by atoms with Crippen LogP contribution in [0.4, 0.5) is 0 Å². The molecular weight excluding hydrogens is 206 g/mol. The Balaban J connectivity index is 2.29. The topological polar surface area (TPSA) is 29.1 Å². The van der Waals surface area contributed by atoms with E-state index in [4.69, 9.17) is 18.0 Å². The van der Waals surface area contributed by atoms with Gasteiger partial charge in [-0.3, -0.25) is 4.79 Å². The zero-order valence-corrected chi connectivity index (χ0v) is 8.41. The number of carbonyl (C=O) groups is 1. The largest absolute Gasteiger partial charge is 0.345 e. The molecule has 1 amide bonds. The van der Waals surface area contributed by atoms with Gasteiger partial charge in [-0.1, -0.05) is 11.6 Å². The fourth-order valence-corrected chi connectivity index (χ4v) is 1.92. The normalized spacial score (nSPS) is 9.23. The highest BCUT2D eigenvalue weighted by atomic mass is 35.5. The van der Waals surface area contributed by atoms with Gasteiger partial charge in [-0.15, -0.1) is 17.8 Å². The lowest BCUT2D eigenvalue weighted by Crippen LogP contribution is -2.23. The summed E-state index contributed by atoms with van der Waals surface area (Å²) in [6.07, 6.45) is 5.64. The van der Waals surface area contributed by atoms with Gasteiger partial charge in [-0.05, 0) is 24.5 Å². The minimum absolute atomic E-state index is 0.373. The summed E-state index contributed by atoms with van der Waals surface area (Å²) >= 11 is 7.24. The van der Waals surface area contributed by atoms with Crippen molar-refractivity contribution < 1.29 is 4.79 Å². The van der Waals surface area contributed by atoms with Crippen molar-refractivity contribution in [2.24, 2.45) is 0 Å². The number of rotatable bonds is 3. The molecule has 2 nitrogen and oxygen atoms in total. The van der Waals surface area contributed by atoms with Crippen molar-refractivity contribution in [2.45, 2.75) is 6.42 Å². The molecule has 0 spiro atoms. The molecule has 4 heteroatoms. The molecule has 1 rings (SSSR count). The summed E-state index contributed by atoms with van der Waals surface area (Å²) < 4.78 is 0.762. The molecule has 0 aliphatic rings. The van der Waals surface area contributed by atoms with Gasteiger partial charge in [0.1, 0.15) is 0 Å². The molecule has 0 saturated heterocycles. The van der Waals surface area contributed by atoms with Crippen LogP contribution in [0.3, 0.4) is 0 Å². The molecule has 1 aromatic rings.